The third kappa shape index (κ3) is 3.36. The molecule has 0 spiro atoms. The van der Waals surface area contributed by atoms with E-state index >= 15 is 0 Å². The molecule has 1 aliphatic heterocycles. The number of benzene rings is 1. The summed E-state index contributed by atoms with van der Waals surface area (Å²) in [4.78, 5) is 11.3. The Morgan fingerprint density at radius 3 is 2.55 bits per heavy atom. The van der Waals surface area contributed by atoms with Crippen LogP contribution in [0.15, 0.2) is 24.3 Å². The van der Waals surface area contributed by atoms with E-state index in [2.05, 4.69) is 4.74 Å². The van der Waals surface area contributed by atoms with E-state index in [0.717, 1.165) is 0 Å². The minimum absolute atomic E-state index is 0.138. The van der Waals surface area contributed by atoms with Gasteiger partial charge in [-0.3, -0.25) is 0 Å². The quantitative estimate of drug-likeness (QED) is 0.812. The molecule has 6 nitrogen and oxygen atoms in total. The molecule has 110 valence electrons. The molecule has 1 saturated heterocycles. The molecule has 1 heterocycles. The van der Waals surface area contributed by atoms with Crippen molar-refractivity contribution in [1.29, 1.82) is 0 Å². The molecule has 0 aliphatic carbocycles. The molecule has 7 heteroatoms. The largest absolute Gasteiger partial charge is 0.465 e. The molecule has 1 aromatic rings. The monoisotopic (exact) mass is 299 g/mol. The molecule has 0 saturated carbocycles. The molecule has 1 aromatic carbocycles. The highest BCUT2D eigenvalue weighted by molar-refractivity contribution is 7.88. The third-order valence-corrected chi connectivity index (χ3v) is 5.06. The summed E-state index contributed by atoms with van der Waals surface area (Å²) < 4.78 is 30.2. The summed E-state index contributed by atoms with van der Waals surface area (Å²) in [6.07, 6.45) is -0.105. The Kier molecular flexibility index (Phi) is 4.42. The molecule has 0 unspecified atom stereocenters. The molecule has 0 aromatic heterocycles. The fourth-order valence-corrected chi connectivity index (χ4v) is 3.70. The van der Waals surface area contributed by atoms with E-state index in [9.17, 15) is 18.3 Å². The van der Waals surface area contributed by atoms with Gasteiger partial charge in [-0.2, -0.15) is 4.31 Å². The van der Waals surface area contributed by atoms with Crippen LogP contribution in [0.2, 0.25) is 0 Å². The van der Waals surface area contributed by atoms with Gasteiger partial charge < -0.3 is 9.84 Å². The summed E-state index contributed by atoms with van der Waals surface area (Å²) in [5.74, 6) is -0.594. The van der Waals surface area contributed by atoms with Crippen molar-refractivity contribution in [3.8, 4) is 0 Å². The maximum Gasteiger partial charge on any atom is 0.337 e. The first-order valence-corrected chi connectivity index (χ1v) is 7.86. The van der Waals surface area contributed by atoms with E-state index in [0.29, 0.717) is 24.1 Å². The molecule has 0 bridgehead atoms. The first-order valence-electron chi connectivity index (χ1n) is 6.25. The number of carbonyl (C=O) groups is 1. The molecule has 1 fully saturated rings. The number of hydrogen-bond acceptors (Lipinski definition) is 5. The van der Waals surface area contributed by atoms with Crippen LogP contribution in [-0.2, 0) is 20.5 Å². The standard InChI is InChI=1S/C13H17NO5S/c1-19-13(16)11-4-2-10(3-5-11)9-20(17,18)14-7-6-12(15)8-14/h2-5,12,15H,6-9H2,1H3/t12-/m1/s1. The summed E-state index contributed by atoms with van der Waals surface area (Å²) in [7, 11) is -2.14. The smallest absolute Gasteiger partial charge is 0.337 e. The zero-order valence-corrected chi connectivity index (χ0v) is 12.0. The van der Waals surface area contributed by atoms with Crippen LogP contribution in [0.25, 0.3) is 0 Å². The van der Waals surface area contributed by atoms with Gasteiger partial charge in [-0.05, 0) is 24.1 Å². The number of carbonyl (C=O) groups excluding carboxylic acids is 1. The average Bonchev–Trinajstić information content (AvgIpc) is 2.86. The number of sulfonamides is 1. The normalized spacial score (nSPS) is 20.0. The lowest BCUT2D eigenvalue weighted by Gasteiger charge is -2.15. The van der Waals surface area contributed by atoms with Crippen LogP contribution in [-0.4, -0.2) is 50.1 Å². The van der Waals surface area contributed by atoms with E-state index in [1.807, 2.05) is 0 Å². The van der Waals surface area contributed by atoms with Crippen LogP contribution in [0, 0.1) is 0 Å². The third-order valence-electron chi connectivity index (χ3n) is 3.24. The van der Waals surface area contributed by atoms with Crippen molar-refractivity contribution in [3.63, 3.8) is 0 Å². The topological polar surface area (TPSA) is 83.9 Å². The maximum atomic E-state index is 12.1. The van der Waals surface area contributed by atoms with E-state index in [4.69, 9.17) is 0 Å². The number of esters is 1. The molecule has 1 atom stereocenters. The van der Waals surface area contributed by atoms with Crippen molar-refractivity contribution in [2.24, 2.45) is 0 Å². The van der Waals surface area contributed by atoms with Gasteiger partial charge >= 0.3 is 5.97 Å². The van der Waals surface area contributed by atoms with Crippen molar-refractivity contribution < 1.29 is 23.1 Å². The van der Waals surface area contributed by atoms with Gasteiger partial charge in [0, 0.05) is 13.1 Å². The Morgan fingerprint density at radius 2 is 2.05 bits per heavy atom. The maximum absolute atomic E-state index is 12.1. The lowest BCUT2D eigenvalue weighted by Crippen LogP contribution is -2.30. The highest BCUT2D eigenvalue weighted by Gasteiger charge is 2.30. The number of nitrogens with zero attached hydrogens (tertiary/aromatic N) is 1. The van der Waals surface area contributed by atoms with Crippen LogP contribution < -0.4 is 0 Å². The number of rotatable bonds is 4. The second-order valence-electron chi connectivity index (χ2n) is 4.75. The summed E-state index contributed by atoms with van der Waals surface area (Å²) in [6, 6.07) is 6.26. The first-order chi connectivity index (χ1) is 9.42. The van der Waals surface area contributed by atoms with Gasteiger partial charge in [0.2, 0.25) is 10.0 Å². The van der Waals surface area contributed by atoms with Crippen LogP contribution in [0.4, 0.5) is 0 Å². The number of aliphatic hydroxyl groups is 1. The van der Waals surface area contributed by atoms with Gasteiger partial charge in [0.1, 0.15) is 0 Å². The van der Waals surface area contributed by atoms with E-state index in [1.165, 1.54) is 23.5 Å². The molecule has 1 aliphatic rings. The molecule has 0 amide bonds. The summed E-state index contributed by atoms with van der Waals surface area (Å²) in [5, 5.41) is 9.40. The SMILES string of the molecule is COC(=O)c1ccc(CS(=O)(=O)N2CC[C@@H](O)C2)cc1. The molecule has 20 heavy (non-hydrogen) atoms. The van der Waals surface area contributed by atoms with Crippen LogP contribution in [0.3, 0.4) is 0 Å². The predicted octanol–water partition coefficient (Wildman–Crippen LogP) is 0.370. The summed E-state index contributed by atoms with van der Waals surface area (Å²) >= 11 is 0. The Morgan fingerprint density at radius 1 is 1.40 bits per heavy atom. The summed E-state index contributed by atoms with van der Waals surface area (Å²) in [5.41, 5.74) is 0.976. The Hall–Kier alpha value is -1.44. The molecule has 2 rings (SSSR count). The van der Waals surface area contributed by atoms with E-state index < -0.39 is 22.1 Å². The lowest BCUT2D eigenvalue weighted by atomic mass is 10.1. The fourth-order valence-electron chi connectivity index (χ4n) is 2.12. The van der Waals surface area contributed by atoms with Gasteiger partial charge in [0.25, 0.3) is 0 Å². The van der Waals surface area contributed by atoms with Gasteiger partial charge in [-0.15, -0.1) is 0 Å². The Balaban J connectivity index is 2.08. The number of β-amino-alcohol motifs (C(OH)–C–C–N with tert-alkyl or cyclic N) is 1. The first kappa shape index (κ1) is 15.0. The van der Waals surface area contributed by atoms with Crippen LogP contribution in [0.1, 0.15) is 22.3 Å². The zero-order valence-electron chi connectivity index (χ0n) is 11.2. The minimum Gasteiger partial charge on any atom is -0.465 e. The van der Waals surface area contributed by atoms with E-state index in [1.54, 1.807) is 12.1 Å². The van der Waals surface area contributed by atoms with Crippen molar-refractivity contribution in [3.05, 3.63) is 35.4 Å². The molecule has 1 N–H and O–H groups in total. The van der Waals surface area contributed by atoms with Crippen molar-refractivity contribution in [1.82, 2.24) is 4.31 Å². The zero-order chi connectivity index (χ0) is 14.8. The molecular weight excluding hydrogens is 282 g/mol. The number of methoxy groups -OCH3 is 1. The van der Waals surface area contributed by atoms with Crippen LogP contribution in [0.5, 0.6) is 0 Å². The Bertz CT molecular complexity index is 581. The summed E-state index contributed by atoms with van der Waals surface area (Å²) in [6.45, 7) is 0.506. The lowest BCUT2D eigenvalue weighted by molar-refractivity contribution is 0.0600. The second-order valence-corrected chi connectivity index (χ2v) is 6.71. The van der Waals surface area contributed by atoms with Gasteiger partial charge in [-0.1, -0.05) is 12.1 Å². The highest BCUT2D eigenvalue weighted by atomic mass is 32.2. The van der Waals surface area contributed by atoms with Crippen molar-refractivity contribution >= 4 is 16.0 Å². The van der Waals surface area contributed by atoms with Crippen molar-refractivity contribution in [2.75, 3.05) is 20.2 Å². The predicted molar refractivity (Wildman–Crippen MR) is 72.6 cm³/mol. The van der Waals surface area contributed by atoms with Gasteiger partial charge in [0.15, 0.2) is 0 Å². The number of ether oxygens (including phenoxy) is 1. The molecule has 0 radical (unpaired) electrons. The van der Waals surface area contributed by atoms with Crippen molar-refractivity contribution in [2.45, 2.75) is 18.3 Å². The minimum atomic E-state index is -3.43. The fraction of sp³-hybridized carbons (Fsp3) is 0.462. The van der Waals surface area contributed by atoms with E-state index in [-0.39, 0.29) is 12.3 Å². The average molecular weight is 299 g/mol. The number of aliphatic hydroxyl groups excluding tert-OH is 1. The second kappa shape index (κ2) is 5.90. The van der Waals surface area contributed by atoms with Gasteiger partial charge in [-0.25, -0.2) is 13.2 Å². The van der Waals surface area contributed by atoms with Gasteiger partial charge in [0.05, 0.1) is 24.5 Å². The Labute approximate surface area is 118 Å². The van der Waals surface area contributed by atoms with Crippen LogP contribution >= 0.6 is 0 Å². The molecular formula is C13H17NO5S. The number of hydrogen-bond donors (Lipinski definition) is 1. The highest BCUT2D eigenvalue weighted by Crippen LogP contribution is 2.18.